The van der Waals surface area contributed by atoms with Crippen molar-refractivity contribution in [3.05, 3.63) is 51.7 Å². The zero-order chi connectivity index (χ0) is 18.1. The summed E-state index contributed by atoms with van der Waals surface area (Å²) < 4.78 is 0. The molecule has 1 saturated heterocycles. The van der Waals surface area contributed by atoms with Crippen LogP contribution in [0.4, 0.5) is 5.69 Å². The lowest BCUT2D eigenvalue weighted by Crippen LogP contribution is -2.48. The van der Waals surface area contributed by atoms with E-state index >= 15 is 0 Å². The number of anilines is 1. The predicted molar refractivity (Wildman–Crippen MR) is 105 cm³/mol. The highest BCUT2D eigenvalue weighted by molar-refractivity contribution is 7.12. The largest absolute Gasteiger partial charge is 0.337 e. The SMILES string of the molecule is Cc1cccc2c1N(C(=O)C1CCCN(C(=O)c3cccs3)C1)CCC2. The molecule has 4 rings (SSSR count). The Bertz CT molecular complexity index is 815. The van der Waals surface area contributed by atoms with Gasteiger partial charge in [0.1, 0.15) is 0 Å². The maximum absolute atomic E-state index is 13.3. The average molecular weight is 369 g/mol. The Balaban J connectivity index is 1.53. The van der Waals surface area contributed by atoms with Crippen LogP contribution in [0.15, 0.2) is 35.7 Å². The first kappa shape index (κ1) is 17.3. The Labute approximate surface area is 158 Å². The Kier molecular flexibility index (Phi) is 4.81. The van der Waals surface area contributed by atoms with E-state index in [1.807, 2.05) is 27.3 Å². The fraction of sp³-hybridized carbons (Fsp3) is 0.429. The first-order valence-electron chi connectivity index (χ1n) is 9.38. The van der Waals surface area contributed by atoms with Gasteiger partial charge in [0.15, 0.2) is 0 Å². The molecule has 0 aliphatic carbocycles. The van der Waals surface area contributed by atoms with Gasteiger partial charge in [-0.1, -0.05) is 24.3 Å². The lowest BCUT2D eigenvalue weighted by atomic mass is 9.92. The van der Waals surface area contributed by atoms with Crippen molar-refractivity contribution in [1.29, 1.82) is 0 Å². The number of amides is 2. The Morgan fingerprint density at radius 1 is 1.12 bits per heavy atom. The van der Waals surface area contributed by atoms with Crippen LogP contribution < -0.4 is 4.90 Å². The van der Waals surface area contributed by atoms with E-state index in [4.69, 9.17) is 0 Å². The molecule has 1 unspecified atom stereocenters. The van der Waals surface area contributed by atoms with Gasteiger partial charge in [0.25, 0.3) is 5.91 Å². The van der Waals surface area contributed by atoms with Gasteiger partial charge in [-0.15, -0.1) is 11.3 Å². The summed E-state index contributed by atoms with van der Waals surface area (Å²) in [5.74, 6) is 0.148. The molecule has 0 bridgehead atoms. The quantitative estimate of drug-likeness (QED) is 0.807. The molecule has 136 valence electrons. The van der Waals surface area contributed by atoms with Crippen LogP contribution >= 0.6 is 11.3 Å². The average Bonchev–Trinajstić information content (AvgIpc) is 3.21. The number of likely N-dealkylation sites (tertiary alicyclic amines) is 1. The van der Waals surface area contributed by atoms with Gasteiger partial charge >= 0.3 is 0 Å². The van der Waals surface area contributed by atoms with E-state index in [0.717, 1.165) is 54.9 Å². The van der Waals surface area contributed by atoms with E-state index in [1.54, 1.807) is 0 Å². The lowest BCUT2D eigenvalue weighted by Gasteiger charge is -2.37. The molecule has 2 aliphatic heterocycles. The molecule has 2 aromatic rings. The number of hydrogen-bond acceptors (Lipinski definition) is 3. The fourth-order valence-corrected chi connectivity index (χ4v) is 4.90. The van der Waals surface area contributed by atoms with Crippen LogP contribution in [0.25, 0.3) is 0 Å². The summed E-state index contributed by atoms with van der Waals surface area (Å²) in [5.41, 5.74) is 3.54. The van der Waals surface area contributed by atoms with Crippen LogP contribution in [0.1, 0.15) is 40.1 Å². The Morgan fingerprint density at radius 3 is 2.81 bits per heavy atom. The second kappa shape index (κ2) is 7.23. The summed E-state index contributed by atoms with van der Waals surface area (Å²) in [5, 5.41) is 1.92. The van der Waals surface area contributed by atoms with Crippen molar-refractivity contribution < 1.29 is 9.59 Å². The van der Waals surface area contributed by atoms with Gasteiger partial charge in [0, 0.05) is 25.3 Å². The van der Waals surface area contributed by atoms with Gasteiger partial charge in [-0.25, -0.2) is 0 Å². The monoisotopic (exact) mass is 368 g/mol. The minimum absolute atomic E-state index is 0.0627. The van der Waals surface area contributed by atoms with Crippen molar-refractivity contribution in [1.82, 2.24) is 4.90 Å². The molecule has 2 aliphatic rings. The number of fused-ring (bicyclic) bond motifs is 1. The third-order valence-corrected chi connectivity index (χ3v) is 6.33. The molecule has 3 heterocycles. The molecule has 4 nitrogen and oxygen atoms in total. The summed E-state index contributed by atoms with van der Waals surface area (Å²) >= 11 is 1.47. The summed E-state index contributed by atoms with van der Waals surface area (Å²) in [4.78, 5) is 30.6. The van der Waals surface area contributed by atoms with E-state index in [1.165, 1.54) is 16.9 Å². The van der Waals surface area contributed by atoms with Gasteiger partial charge in [-0.2, -0.15) is 0 Å². The van der Waals surface area contributed by atoms with Crippen LogP contribution in [-0.2, 0) is 11.2 Å². The molecular weight excluding hydrogens is 344 g/mol. The molecule has 1 aromatic heterocycles. The predicted octanol–water partition coefficient (Wildman–Crippen LogP) is 3.89. The number of carbonyl (C=O) groups is 2. The molecular formula is C21H24N2O2S. The van der Waals surface area contributed by atoms with Gasteiger partial charge in [-0.05, 0) is 55.2 Å². The van der Waals surface area contributed by atoms with Crippen molar-refractivity contribution in [3.8, 4) is 0 Å². The number of aryl methyl sites for hydroxylation is 2. The van der Waals surface area contributed by atoms with Gasteiger partial charge < -0.3 is 9.80 Å². The van der Waals surface area contributed by atoms with Crippen molar-refractivity contribution in [3.63, 3.8) is 0 Å². The Morgan fingerprint density at radius 2 is 2.00 bits per heavy atom. The smallest absolute Gasteiger partial charge is 0.263 e. The standard InChI is InChI=1S/C21H24N2O2S/c1-15-6-2-7-16-8-4-12-23(19(15)16)20(24)17-9-3-11-22(14-17)21(25)18-10-5-13-26-18/h2,5-7,10,13,17H,3-4,8-9,11-12,14H2,1H3. The van der Waals surface area contributed by atoms with Gasteiger partial charge in [0.05, 0.1) is 10.8 Å². The number of carbonyl (C=O) groups excluding carboxylic acids is 2. The molecule has 0 spiro atoms. The zero-order valence-electron chi connectivity index (χ0n) is 15.1. The number of benzene rings is 1. The number of nitrogens with zero attached hydrogens (tertiary/aromatic N) is 2. The van der Waals surface area contributed by atoms with E-state index in [9.17, 15) is 9.59 Å². The molecule has 0 N–H and O–H groups in total. The number of rotatable bonds is 2. The van der Waals surface area contributed by atoms with Crippen molar-refractivity contribution >= 4 is 28.8 Å². The summed E-state index contributed by atoms with van der Waals surface area (Å²) in [6.07, 6.45) is 3.80. The van der Waals surface area contributed by atoms with Crippen molar-refractivity contribution in [2.24, 2.45) is 5.92 Å². The third kappa shape index (κ3) is 3.16. The fourth-order valence-electron chi connectivity index (χ4n) is 4.21. The zero-order valence-corrected chi connectivity index (χ0v) is 15.9. The van der Waals surface area contributed by atoms with Crippen LogP contribution in [-0.4, -0.2) is 36.3 Å². The first-order chi connectivity index (χ1) is 12.6. The molecule has 1 atom stereocenters. The molecule has 1 aromatic carbocycles. The minimum atomic E-state index is -0.0989. The Hall–Kier alpha value is -2.14. The maximum atomic E-state index is 13.3. The van der Waals surface area contributed by atoms with E-state index in [2.05, 4.69) is 25.1 Å². The summed E-state index contributed by atoms with van der Waals surface area (Å²) in [7, 11) is 0. The van der Waals surface area contributed by atoms with Crippen LogP contribution in [0.5, 0.6) is 0 Å². The van der Waals surface area contributed by atoms with Crippen molar-refractivity contribution in [2.45, 2.75) is 32.6 Å². The number of thiophene rings is 1. The third-order valence-electron chi connectivity index (χ3n) is 5.47. The number of hydrogen-bond donors (Lipinski definition) is 0. The first-order valence-corrected chi connectivity index (χ1v) is 10.3. The molecule has 2 amide bonds. The highest BCUT2D eigenvalue weighted by Crippen LogP contribution is 2.33. The summed E-state index contributed by atoms with van der Waals surface area (Å²) in [6.45, 7) is 4.15. The van der Waals surface area contributed by atoms with E-state index < -0.39 is 0 Å². The second-order valence-corrected chi connectivity index (χ2v) is 8.19. The van der Waals surface area contributed by atoms with Crippen LogP contribution in [0.3, 0.4) is 0 Å². The topological polar surface area (TPSA) is 40.6 Å². The minimum Gasteiger partial charge on any atom is -0.337 e. The van der Waals surface area contributed by atoms with Crippen LogP contribution in [0, 0.1) is 12.8 Å². The van der Waals surface area contributed by atoms with Crippen molar-refractivity contribution in [2.75, 3.05) is 24.5 Å². The molecule has 26 heavy (non-hydrogen) atoms. The molecule has 5 heteroatoms. The van der Waals surface area contributed by atoms with E-state index in [0.29, 0.717) is 6.54 Å². The van der Waals surface area contributed by atoms with Gasteiger partial charge in [0.2, 0.25) is 5.91 Å². The highest BCUT2D eigenvalue weighted by Gasteiger charge is 2.34. The van der Waals surface area contributed by atoms with Crippen LogP contribution in [0.2, 0.25) is 0 Å². The van der Waals surface area contributed by atoms with E-state index in [-0.39, 0.29) is 17.7 Å². The maximum Gasteiger partial charge on any atom is 0.263 e. The second-order valence-electron chi connectivity index (χ2n) is 7.24. The lowest BCUT2D eigenvalue weighted by molar-refractivity contribution is -0.123. The highest BCUT2D eigenvalue weighted by atomic mass is 32.1. The normalized spacial score (nSPS) is 20.0. The van der Waals surface area contributed by atoms with Gasteiger partial charge in [-0.3, -0.25) is 9.59 Å². The summed E-state index contributed by atoms with van der Waals surface area (Å²) in [6, 6.07) is 10.1. The number of para-hydroxylation sites is 1. The molecule has 0 saturated carbocycles. The number of piperidine rings is 1. The molecule has 1 fully saturated rings. The molecule has 0 radical (unpaired) electrons.